The Hall–Kier alpha value is -1.84. The van der Waals surface area contributed by atoms with E-state index in [1.807, 2.05) is 79.4 Å². The van der Waals surface area contributed by atoms with Gasteiger partial charge in [-0.15, -0.1) is 12.4 Å². The maximum atomic E-state index is 12.6. The van der Waals surface area contributed by atoms with Crippen LogP contribution in [0.25, 0.3) is 0 Å². The summed E-state index contributed by atoms with van der Waals surface area (Å²) in [5.41, 5.74) is 8.32. The van der Waals surface area contributed by atoms with E-state index in [-0.39, 0.29) is 30.4 Å². The molecule has 23 heavy (non-hydrogen) atoms. The minimum Gasteiger partial charge on any atom is -0.336 e. The molecule has 2 rings (SSSR count). The minimum absolute atomic E-state index is 0. The average molecular weight is 333 g/mol. The number of nitrogens with two attached hydrogens (primary N) is 1. The van der Waals surface area contributed by atoms with Gasteiger partial charge in [-0.1, -0.05) is 60.7 Å². The van der Waals surface area contributed by atoms with Crippen LogP contribution in [0.2, 0.25) is 0 Å². The number of benzene rings is 2. The van der Waals surface area contributed by atoms with Crippen molar-refractivity contribution >= 4 is 18.3 Å². The highest BCUT2D eigenvalue weighted by atomic mass is 35.5. The van der Waals surface area contributed by atoms with E-state index < -0.39 is 0 Å². The lowest BCUT2D eigenvalue weighted by molar-refractivity contribution is -0.134. The van der Waals surface area contributed by atoms with Crippen LogP contribution in [0.15, 0.2) is 60.7 Å². The first-order chi connectivity index (χ1) is 10.6. The van der Waals surface area contributed by atoms with Crippen molar-refractivity contribution in [1.29, 1.82) is 0 Å². The summed E-state index contributed by atoms with van der Waals surface area (Å²) in [5, 5.41) is 0. The van der Waals surface area contributed by atoms with Gasteiger partial charge in [-0.3, -0.25) is 4.79 Å². The van der Waals surface area contributed by atoms with E-state index in [4.69, 9.17) is 5.73 Å². The molecule has 2 N–H and O–H groups in total. The summed E-state index contributed by atoms with van der Waals surface area (Å²) < 4.78 is 0. The van der Waals surface area contributed by atoms with Gasteiger partial charge >= 0.3 is 0 Å². The third kappa shape index (κ3) is 5.70. The lowest BCUT2D eigenvalue weighted by atomic mass is 10.0. The van der Waals surface area contributed by atoms with Gasteiger partial charge in [-0.2, -0.15) is 0 Å². The number of nitrogens with zero attached hydrogens (tertiary/aromatic N) is 1. The SMILES string of the molecule is CC(C)N(Cc1ccccc1)C(=O)CC(N)c1ccccc1.Cl. The van der Waals surface area contributed by atoms with Crippen LogP contribution in [0.5, 0.6) is 0 Å². The number of amides is 1. The maximum Gasteiger partial charge on any atom is 0.225 e. The largest absolute Gasteiger partial charge is 0.336 e. The molecule has 0 saturated carbocycles. The van der Waals surface area contributed by atoms with E-state index in [0.29, 0.717) is 13.0 Å². The van der Waals surface area contributed by atoms with E-state index in [1.54, 1.807) is 0 Å². The molecule has 0 fully saturated rings. The van der Waals surface area contributed by atoms with Gasteiger partial charge < -0.3 is 10.6 Å². The zero-order chi connectivity index (χ0) is 15.9. The summed E-state index contributed by atoms with van der Waals surface area (Å²) in [7, 11) is 0. The molecule has 2 aromatic carbocycles. The molecule has 0 aliphatic carbocycles. The van der Waals surface area contributed by atoms with Crippen LogP contribution in [-0.4, -0.2) is 16.8 Å². The molecule has 2 aromatic rings. The Morgan fingerprint density at radius 3 is 2.04 bits per heavy atom. The van der Waals surface area contributed by atoms with Crippen molar-refractivity contribution in [3.05, 3.63) is 71.8 Å². The molecule has 0 saturated heterocycles. The zero-order valence-electron chi connectivity index (χ0n) is 13.7. The van der Waals surface area contributed by atoms with E-state index >= 15 is 0 Å². The van der Waals surface area contributed by atoms with E-state index in [9.17, 15) is 4.79 Å². The quantitative estimate of drug-likeness (QED) is 0.871. The van der Waals surface area contributed by atoms with Crippen LogP contribution in [-0.2, 0) is 11.3 Å². The first-order valence-corrected chi connectivity index (χ1v) is 7.72. The predicted molar refractivity (Wildman–Crippen MR) is 97.4 cm³/mol. The van der Waals surface area contributed by atoms with Crippen LogP contribution in [0.4, 0.5) is 0 Å². The molecule has 3 nitrogen and oxygen atoms in total. The van der Waals surface area contributed by atoms with Gasteiger partial charge in [0.05, 0.1) is 0 Å². The lowest BCUT2D eigenvalue weighted by Gasteiger charge is -2.28. The summed E-state index contributed by atoms with van der Waals surface area (Å²) >= 11 is 0. The van der Waals surface area contributed by atoms with E-state index in [1.165, 1.54) is 0 Å². The first kappa shape index (κ1) is 19.2. The fourth-order valence-corrected chi connectivity index (χ4v) is 2.46. The van der Waals surface area contributed by atoms with Gasteiger partial charge in [0.15, 0.2) is 0 Å². The van der Waals surface area contributed by atoms with Crippen LogP contribution >= 0.6 is 12.4 Å². The second kappa shape index (κ2) is 9.33. The molecule has 0 aliphatic heterocycles. The number of carbonyl (C=O) groups is 1. The van der Waals surface area contributed by atoms with Crippen molar-refractivity contribution < 1.29 is 4.79 Å². The normalized spacial score (nSPS) is 11.7. The average Bonchev–Trinajstić information content (AvgIpc) is 2.54. The molecule has 124 valence electrons. The molecule has 0 heterocycles. The van der Waals surface area contributed by atoms with Gasteiger partial charge in [0, 0.05) is 25.0 Å². The number of hydrogen-bond donors (Lipinski definition) is 1. The van der Waals surface area contributed by atoms with Crippen LogP contribution in [0.3, 0.4) is 0 Å². The van der Waals surface area contributed by atoms with Crippen molar-refractivity contribution in [3.8, 4) is 0 Å². The molecule has 0 spiro atoms. The second-order valence-electron chi connectivity index (χ2n) is 5.82. The summed E-state index contributed by atoms with van der Waals surface area (Å²) in [6.45, 7) is 4.70. The summed E-state index contributed by atoms with van der Waals surface area (Å²) in [4.78, 5) is 14.5. The topological polar surface area (TPSA) is 46.3 Å². The van der Waals surface area contributed by atoms with Crippen LogP contribution in [0.1, 0.15) is 37.4 Å². The van der Waals surface area contributed by atoms with Crippen LogP contribution < -0.4 is 5.73 Å². The monoisotopic (exact) mass is 332 g/mol. The number of hydrogen-bond acceptors (Lipinski definition) is 2. The molecule has 0 bridgehead atoms. The number of halogens is 1. The smallest absolute Gasteiger partial charge is 0.225 e. The highest BCUT2D eigenvalue weighted by molar-refractivity contribution is 5.85. The highest BCUT2D eigenvalue weighted by Crippen LogP contribution is 2.17. The summed E-state index contributed by atoms with van der Waals surface area (Å²) in [6.07, 6.45) is 0.328. The number of rotatable bonds is 6. The molecule has 0 radical (unpaired) electrons. The predicted octanol–water partition coefficient (Wildman–Crippen LogP) is 3.94. The van der Waals surface area contributed by atoms with Gasteiger partial charge in [0.2, 0.25) is 5.91 Å². The van der Waals surface area contributed by atoms with Crippen molar-refractivity contribution in [2.45, 2.75) is 38.9 Å². The van der Waals surface area contributed by atoms with Gasteiger partial charge in [0.25, 0.3) is 0 Å². The first-order valence-electron chi connectivity index (χ1n) is 7.72. The lowest BCUT2D eigenvalue weighted by Crippen LogP contribution is -2.37. The third-order valence-corrected chi connectivity index (χ3v) is 3.76. The summed E-state index contributed by atoms with van der Waals surface area (Å²) in [5.74, 6) is 0.0928. The van der Waals surface area contributed by atoms with Gasteiger partial charge in [-0.05, 0) is 25.0 Å². The fraction of sp³-hybridized carbons (Fsp3) is 0.316. The Morgan fingerprint density at radius 1 is 1.00 bits per heavy atom. The van der Waals surface area contributed by atoms with Gasteiger partial charge in [-0.25, -0.2) is 0 Å². The molecule has 0 aliphatic rings. The van der Waals surface area contributed by atoms with Crippen molar-refractivity contribution in [3.63, 3.8) is 0 Å². The molecule has 1 atom stereocenters. The molecule has 1 amide bonds. The Morgan fingerprint density at radius 2 is 1.52 bits per heavy atom. The third-order valence-electron chi connectivity index (χ3n) is 3.76. The fourth-order valence-electron chi connectivity index (χ4n) is 2.46. The van der Waals surface area contributed by atoms with Crippen LogP contribution in [0, 0.1) is 0 Å². The molecule has 1 unspecified atom stereocenters. The summed E-state index contributed by atoms with van der Waals surface area (Å²) in [6, 6.07) is 19.7. The van der Waals surface area contributed by atoms with E-state index in [0.717, 1.165) is 11.1 Å². The number of carbonyl (C=O) groups excluding carboxylic acids is 1. The zero-order valence-corrected chi connectivity index (χ0v) is 14.5. The maximum absolute atomic E-state index is 12.6. The Bertz CT molecular complexity index is 587. The molecule has 0 aromatic heterocycles. The Labute approximate surface area is 144 Å². The van der Waals surface area contributed by atoms with Gasteiger partial charge in [0.1, 0.15) is 0 Å². The highest BCUT2D eigenvalue weighted by Gasteiger charge is 2.20. The minimum atomic E-state index is -0.259. The van der Waals surface area contributed by atoms with Crippen molar-refractivity contribution in [2.75, 3.05) is 0 Å². The second-order valence-corrected chi connectivity index (χ2v) is 5.82. The molecular formula is C19H25ClN2O. The van der Waals surface area contributed by atoms with Crippen molar-refractivity contribution in [2.24, 2.45) is 5.73 Å². The van der Waals surface area contributed by atoms with E-state index in [2.05, 4.69) is 0 Å². The standard InChI is InChI=1S/C19H24N2O.ClH/c1-15(2)21(14-16-9-5-3-6-10-16)19(22)13-18(20)17-11-7-4-8-12-17;/h3-12,15,18H,13-14,20H2,1-2H3;1H. The molecule has 4 heteroatoms. The Kier molecular flexibility index (Phi) is 7.79. The Balaban J connectivity index is 0.00000264. The van der Waals surface area contributed by atoms with Crippen molar-refractivity contribution in [1.82, 2.24) is 4.90 Å². The molecular weight excluding hydrogens is 308 g/mol.